The van der Waals surface area contributed by atoms with Gasteiger partial charge < -0.3 is 15.1 Å². The Labute approximate surface area is 141 Å². The van der Waals surface area contributed by atoms with E-state index in [1.54, 1.807) is 11.0 Å². The second-order valence-electron chi connectivity index (χ2n) is 5.16. The van der Waals surface area contributed by atoms with E-state index in [2.05, 4.69) is 0 Å². The molecule has 6 heteroatoms. The first-order chi connectivity index (χ1) is 10.0. The monoisotopic (exact) mass is 342 g/mol. The van der Waals surface area contributed by atoms with Gasteiger partial charge in [-0.25, -0.2) is 0 Å². The highest BCUT2D eigenvalue weighted by molar-refractivity contribution is 6.30. The number of carbonyl (C=O) groups is 1. The molecule has 1 aromatic carbocycles. The fraction of sp³-hybridized carbons (Fsp3) is 0.312. The Kier molecular flexibility index (Phi) is 6.94. The molecule has 120 valence electrons. The van der Waals surface area contributed by atoms with E-state index in [1.165, 1.54) is 6.26 Å². The Morgan fingerprint density at radius 1 is 1.36 bits per heavy atom. The van der Waals surface area contributed by atoms with Crippen LogP contribution in [0.25, 0.3) is 0 Å². The maximum Gasteiger partial charge on any atom is 0.257 e. The molecular weight excluding hydrogens is 323 g/mol. The maximum absolute atomic E-state index is 12.6. The number of furan rings is 1. The Hall–Kier alpha value is -1.49. The number of nitrogens with zero attached hydrogens (tertiary/aromatic N) is 1. The molecule has 22 heavy (non-hydrogen) atoms. The lowest BCUT2D eigenvalue weighted by atomic mass is 10.1. The molecule has 2 N–H and O–H groups in total. The van der Waals surface area contributed by atoms with Crippen LogP contribution in [0, 0.1) is 0 Å². The van der Waals surface area contributed by atoms with Crippen LogP contribution in [0.5, 0.6) is 0 Å². The first-order valence-electron chi connectivity index (χ1n) is 6.84. The molecule has 0 unspecified atom stereocenters. The van der Waals surface area contributed by atoms with E-state index in [9.17, 15) is 4.79 Å². The van der Waals surface area contributed by atoms with E-state index in [0.717, 1.165) is 5.56 Å². The minimum absolute atomic E-state index is 0. The van der Waals surface area contributed by atoms with Crippen molar-refractivity contribution >= 4 is 29.9 Å². The number of amides is 1. The van der Waals surface area contributed by atoms with Crippen LogP contribution in [0.2, 0.25) is 5.02 Å². The van der Waals surface area contributed by atoms with Gasteiger partial charge in [-0.3, -0.25) is 4.79 Å². The number of carbonyl (C=O) groups excluding carboxylic acids is 1. The molecule has 0 saturated heterocycles. The molecule has 0 spiro atoms. The lowest BCUT2D eigenvalue weighted by Crippen LogP contribution is -2.36. The predicted octanol–water partition coefficient (Wildman–Crippen LogP) is 3.86. The first kappa shape index (κ1) is 18.6. The third-order valence-electron chi connectivity index (χ3n) is 3.23. The van der Waals surface area contributed by atoms with Crippen LogP contribution in [0.1, 0.15) is 35.5 Å². The number of halogens is 2. The van der Waals surface area contributed by atoms with Crippen molar-refractivity contribution in [3.63, 3.8) is 0 Å². The zero-order valence-electron chi connectivity index (χ0n) is 12.6. The molecule has 0 aliphatic heterocycles. The molecule has 2 rings (SSSR count). The van der Waals surface area contributed by atoms with E-state index in [4.69, 9.17) is 21.8 Å². The molecule has 1 heterocycles. The molecular formula is C16H20Cl2N2O2. The van der Waals surface area contributed by atoms with Crippen LogP contribution in [0.3, 0.4) is 0 Å². The summed E-state index contributed by atoms with van der Waals surface area (Å²) in [6.07, 6.45) is 1.46. The standard InChI is InChI=1S/C16H19ClN2O2.ClH/c1-11(2)19(9-12-4-3-5-14(17)6-12)16(20)13-7-15(8-18)21-10-13;/h3-7,10-11H,8-9,18H2,1-2H3;1H. The Bertz CT molecular complexity index is 626. The molecule has 2 aromatic rings. The van der Waals surface area contributed by atoms with Gasteiger partial charge in [0.05, 0.1) is 12.1 Å². The smallest absolute Gasteiger partial charge is 0.257 e. The summed E-state index contributed by atoms with van der Waals surface area (Å²) in [5.41, 5.74) is 7.02. The number of rotatable bonds is 5. The second-order valence-corrected chi connectivity index (χ2v) is 5.60. The molecule has 0 aliphatic carbocycles. The van der Waals surface area contributed by atoms with Crippen molar-refractivity contribution in [2.24, 2.45) is 5.73 Å². The Morgan fingerprint density at radius 3 is 2.64 bits per heavy atom. The van der Waals surface area contributed by atoms with Crippen molar-refractivity contribution in [3.8, 4) is 0 Å². The van der Waals surface area contributed by atoms with Gasteiger partial charge in [-0.2, -0.15) is 0 Å². The summed E-state index contributed by atoms with van der Waals surface area (Å²) >= 11 is 5.99. The van der Waals surface area contributed by atoms with Crippen molar-refractivity contribution in [1.29, 1.82) is 0 Å². The highest BCUT2D eigenvalue weighted by atomic mass is 35.5. The van der Waals surface area contributed by atoms with Gasteiger partial charge >= 0.3 is 0 Å². The zero-order valence-corrected chi connectivity index (χ0v) is 14.2. The lowest BCUT2D eigenvalue weighted by molar-refractivity contribution is 0.0689. The van der Waals surface area contributed by atoms with Gasteiger partial charge in [0, 0.05) is 17.6 Å². The molecule has 1 aromatic heterocycles. The number of hydrogen-bond donors (Lipinski definition) is 1. The highest BCUT2D eigenvalue weighted by Crippen LogP contribution is 2.17. The van der Waals surface area contributed by atoms with E-state index in [-0.39, 0.29) is 30.9 Å². The number of nitrogens with two attached hydrogens (primary N) is 1. The molecule has 0 bridgehead atoms. The SMILES string of the molecule is CC(C)N(Cc1cccc(Cl)c1)C(=O)c1coc(CN)c1.Cl. The van der Waals surface area contributed by atoms with Crippen molar-refractivity contribution in [3.05, 3.63) is 58.5 Å². The summed E-state index contributed by atoms with van der Waals surface area (Å²) in [4.78, 5) is 14.4. The maximum atomic E-state index is 12.6. The fourth-order valence-corrected chi connectivity index (χ4v) is 2.30. The summed E-state index contributed by atoms with van der Waals surface area (Å²) in [6.45, 7) is 4.74. The van der Waals surface area contributed by atoms with E-state index in [1.807, 2.05) is 38.1 Å². The van der Waals surface area contributed by atoms with Crippen LogP contribution in [0.15, 0.2) is 41.0 Å². The fourth-order valence-electron chi connectivity index (χ4n) is 2.09. The lowest BCUT2D eigenvalue weighted by Gasteiger charge is -2.26. The van der Waals surface area contributed by atoms with Crippen LogP contribution in [-0.2, 0) is 13.1 Å². The van der Waals surface area contributed by atoms with Gasteiger partial charge in [-0.05, 0) is 37.6 Å². The van der Waals surface area contributed by atoms with Crippen molar-refractivity contribution < 1.29 is 9.21 Å². The quantitative estimate of drug-likeness (QED) is 0.897. The van der Waals surface area contributed by atoms with Gasteiger partial charge in [0.1, 0.15) is 12.0 Å². The van der Waals surface area contributed by atoms with Gasteiger partial charge in [0.2, 0.25) is 0 Å². The van der Waals surface area contributed by atoms with E-state index < -0.39 is 0 Å². The molecule has 4 nitrogen and oxygen atoms in total. The third-order valence-corrected chi connectivity index (χ3v) is 3.46. The van der Waals surface area contributed by atoms with Gasteiger partial charge in [-0.15, -0.1) is 12.4 Å². The van der Waals surface area contributed by atoms with Crippen molar-refractivity contribution in [1.82, 2.24) is 4.90 Å². The largest absolute Gasteiger partial charge is 0.467 e. The van der Waals surface area contributed by atoms with Crippen molar-refractivity contribution in [2.45, 2.75) is 33.0 Å². The average Bonchev–Trinajstić information content (AvgIpc) is 2.93. The normalized spacial score (nSPS) is 10.4. The second kappa shape index (κ2) is 8.22. The average molecular weight is 343 g/mol. The molecule has 0 saturated carbocycles. The van der Waals surface area contributed by atoms with Crippen molar-refractivity contribution in [2.75, 3.05) is 0 Å². The minimum atomic E-state index is -0.0755. The Morgan fingerprint density at radius 2 is 2.09 bits per heavy atom. The molecule has 0 aliphatic rings. The van der Waals surface area contributed by atoms with Gasteiger partial charge in [-0.1, -0.05) is 23.7 Å². The predicted molar refractivity (Wildman–Crippen MR) is 90.3 cm³/mol. The van der Waals surface area contributed by atoms with Crippen LogP contribution in [0.4, 0.5) is 0 Å². The van der Waals surface area contributed by atoms with Crippen LogP contribution in [-0.4, -0.2) is 16.8 Å². The van der Waals surface area contributed by atoms with Crippen LogP contribution >= 0.6 is 24.0 Å². The Balaban J connectivity index is 0.00000242. The number of benzene rings is 1. The summed E-state index contributed by atoms with van der Waals surface area (Å²) < 4.78 is 5.24. The molecule has 0 fully saturated rings. The highest BCUT2D eigenvalue weighted by Gasteiger charge is 2.21. The summed E-state index contributed by atoms with van der Waals surface area (Å²) in [7, 11) is 0. The summed E-state index contributed by atoms with van der Waals surface area (Å²) in [5, 5.41) is 0.664. The molecule has 0 atom stereocenters. The minimum Gasteiger partial charge on any atom is -0.467 e. The molecule has 0 radical (unpaired) electrons. The van der Waals surface area contributed by atoms with Gasteiger partial charge in [0.15, 0.2) is 0 Å². The van der Waals surface area contributed by atoms with Gasteiger partial charge in [0.25, 0.3) is 5.91 Å². The first-order valence-corrected chi connectivity index (χ1v) is 7.22. The zero-order chi connectivity index (χ0) is 15.4. The third kappa shape index (κ3) is 4.50. The number of hydrogen-bond acceptors (Lipinski definition) is 3. The topological polar surface area (TPSA) is 59.5 Å². The summed E-state index contributed by atoms with van der Waals surface area (Å²) in [6, 6.07) is 9.27. The van der Waals surface area contributed by atoms with Crippen LogP contribution < -0.4 is 5.73 Å². The molecule has 1 amide bonds. The summed E-state index contributed by atoms with van der Waals surface area (Å²) in [5.74, 6) is 0.526. The van der Waals surface area contributed by atoms with E-state index >= 15 is 0 Å². The van der Waals surface area contributed by atoms with E-state index in [0.29, 0.717) is 22.9 Å².